The maximum atomic E-state index is 13.6. The van der Waals surface area contributed by atoms with Gasteiger partial charge in [0.15, 0.2) is 0 Å². The number of aliphatic hydroxyl groups is 2. The highest BCUT2D eigenvalue weighted by Crippen LogP contribution is 2.30. The molecule has 0 spiro atoms. The molecule has 6 nitrogen and oxygen atoms in total. The lowest BCUT2D eigenvalue weighted by Gasteiger charge is -2.19. The van der Waals surface area contributed by atoms with Gasteiger partial charge in [0.2, 0.25) is 0 Å². The summed E-state index contributed by atoms with van der Waals surface area (Å²) in [4.78, 5) is 24.0. The first-order chi connectivity index (χ1) is 15.3. The quantitative estimate of drug-likeness (QED) is 0.471. The second-order valence-electron chi connectivity index (χ2n) is 7.69. The summed E-state index contributed by atoms with van der Waals surface area (Å²) in [7, 11) is 0. The van der Waals surface area contributed by atoms with Gasteiger partial charge in [-0.25, -0.2) is 4.39 Å². The summed E-state index contributed by atoms with van der Waals surface area (Å²) in [6, 6.07) is 13.0. The largest absolute Gasteiger partial charge is 0.481 e. The van der Waals surface area contributed by atoms with E-state index < -0.39 is 24.6 Å². The Balaban J connectivity index is 2.17. The first kappa shape index (κ1) is 23.4. The number of aliphatic hydroxyl groups excluding tert-OH is 2. The van der Waals surface area contributed by atoms with Gasteiger partial charge in [-0.05, 0) is 47.7 Å². The Bertz CT molecular complexity index is 1180. The molecule has 3 rings (SSSR count). The highest BCUT2D eigenvalue weighted by Gasteiger charge is 2.18. The zero-order chi connectivity index (χ0) is 23.3. The summed E-state index contributed by atoms with van der Waals surface area (Å²) in [6.07, 6.45) is 0.979. The molecule has 3 N–H and O–H groups in total. The van der Waals surface area contributed by atoms with Crippen molar-refractivity contribution in [3.8, 4) is 11.3 Å². The van der Waals surface area contributed by atoms with E-state index in [1.807, 2.05) is 19.1 Å². The topological polar surface area (TPSA) is 99.8 Å². The van der Waals surface area contributed by atoms with E-state index in [-0.39, 0.29) is 17.8 Å². The maximum Gasteiger partial charge on any atom is 0.305 e. The summed E-state index contributed by atoms with van der Waals surface area (Å²) in [5, 5.41) is 30.1. The van der Waals surface area contributed by atoms with Gasteiger partial charge < -0.3 is 19.9 Å². The minimum atomic E-state index is -1.19. The molecule has 7 heteroatoms. The fourth-order valence-corrected chi connectivity index (χ4v) is 3.80. The molecule has 0 bridgehead atoms. The fourth-order valence-electron chi connectivity index (χ4n) is 3.80. The van der Waals surface area contributed by atoms with E-state index in [4.69, 9.17) is 5.11 Å². The molecule has 0 aliphatic carbocycles. The van der Waals surface area contributed by atoms with Crippen LogP contribution >= 0.6 is 0 Å². The molecule has 0 aliphatic rings. The van der Waals surface area contributed by atoms with Crippen LogP contribution in [0.5, 0.6) is 0 Å². The molecule has 0 unspecified atom stereocenters. The summed E-state index contributed by atoms with van der Waals surface area (Å²) < 4.78 is 15.2. The number of carboxylic acid groups (broad SMARTS) is 1. The second kappa shape index (κ2) is 10.3. The van der Waals surface area contributed by atoms with Gasteiger partial charge >= 0.3 is 5.97 Å². The number of hydrogen-bond acceptors (Lipinski definition) is 4. The molecule has 1 aromatic heterocycles. The van der Waals surface area contributed by atoms with E-state index >= 15 is 0 Å². The third-order valence-electron chi connectivity index (χ3n) is 5.19. The normalized spacial score (nSPS) is 13.5. The molecular weight excluding hydrogens is 413 g/mol. The fraction of sp³-hybridized carbons (Fsp3) is 0.280. The Morgan fingerprint density at radius 3 is 2.38 bits per heavy atom. The lowest BCUT2D eigenvalue weighted by atomic mass is 9.97. The molecule has 0 aliphatic heterocycles. The van der Waals surface area contributed by atoms with Crippen LogP contribution in [0.4, 0.5) is 4.39 Å². The molecule has 32 heavy (non-hydrogen) atoms. The van der Waals surface area contributed by atoms with E-state index in [0.29, 0.717) is 40.6 Å². The zero-order valence-corrected chi connectivity index (χ0v) is 17.7. The van der Waals surface area contributed by atoms with Crippen LogP contribution in [0.25, 0.3) is 28.1 Å². The third-order valence-corrected chi connectivity index (χ3v) is 5.19. The number of aromatic nitrogens is 1. The van der Waals surface area contributed by atoms with Crippen molar-refractivity contribution in [2.24, 2.45) is 0 Å². The molecule has 0 radical (unpaired) electrons. The number of halogens is 1. The summed E-state index contributed by atoms with van der Waals surface area (Å²) in [6.45, 7) is 2.41. The van der Waals surface area contributed by atoms with Crippen LogP contribution < -0.4 is 5.56 Å². The standard InChI is InChI=1S/C25H26FNO5/c1-2-13-27-24(16-7-9-17(26)10-8-16)21(20-5-3-4-6-22(20)25(27)32)12-11-18(28)14-19(29)15-23(30)31/h3-12,18-19,28-29H,2,13-15H2,1H3,(H,30,31)/t18-,19-/m1/s1. The van der Waals surface area contributed by atoms with Gasteiger partial charge in [-0.2, -0.15) is 0 Å². The lowest BCUT2D eigenvalue weighted by molar-refractivity contribution is -0.139. The predicted octanol–water partition coefficient (Wildman–Crippen LogP) is 3.82. The third kappa shape index (κ3) is 5.30. The number of rotatable bonds is 9. The number of carboxylic acids is 1. The van der Waals surface area contributed by atoms with Crippen LogP contribution in [-0.2, 0) is 11.3 Å². The number of fused-ring (bicyclic) bond motifs is 1. The van der Waals surface area contributed by atoms with E-state index in [9.17, 15) is 24.2 Å². The van der Waals surface area contributed by atoms with Gasteiger partial charge in [-0.1, -0.05) is 37.3 Å². The number of hydrogen-bond donors (Lipinski definition) is 3. The summed E-state index contributed by atoms with van der Waals surface area (Å²) in [5.41, 5.74) is 1.77. The van der Waals surface area contributed by atoms with Crippen molar-refractivity contribution in [1.82, 2.24) is 4.57 Å². The molecule has 0 fully saturated rings. The van der Waals surface area contributed by atoms with E-state index in [1.54, 1.807) is 34.9 Å². The van der Waals surface area contributed by atoms with E-state index in [1.165, 1.54) is 18.2 Å². The monoisotopic (exact) mass is 439 g/mol. The lowest BCUT2D eigenvalue weighted by Crippen LogP contribution is -2.23. The van der Waals surface area contributed by atoms with Crippen LogP contribution in [-0.4, -0.2) is 38.1 Å². The van der Waals surface area contributed by atoms with Crippen LogP contribution in [0, 0.1) is 5.82 Å². The second-order valence-corrected chi connectivity index (χ2v) is 7.69. The average Bonchev–Trinajstić information content (AvgIpc) is 2.75. The van der Waals surface area contributed by atoms with Crippen LogP contribution in [0.2, 0.25) is 0 Å². The number of nitrogens with zero attached hydrogens (tertiary/aromatic N) is 1. The van der Waals surface area contributed by atoms with Crippen molar-refractivity contribution in [1.29, 1.82) is 0 Å². The van der Waals surface area contributed by atoms with Crippen LogP contribution in [0.15, 0.2) is 59.4 Å². The van der Waals surface area contributed by atoms with Crippen molar-refractivity contribution in [2.45, 2.75) is 44.9 Å². The van der Waals surface area contributed by atoms with Crippen LogP contribution in [0.3, 0.4) is 0 Å². The minimum absolute atomic E-state index is 0.138. The highest BCUT2D eigenvalue weighted by atomic mass is 19.1. The number of aliphatic carboxylic acids is 1. The van der Waals surface area contributed by atoms with Gasteiger partial charge in [-0.15, -0.1) is 0 Å². The predicted molar refractivity (Wildman–Crippen MR) is 122 cm³/mol. The molecule has 2 atom stereocenters. The average molecular weight is 439 g/mol. The molecule has 0 amide bonds. The van der Waals surface area contributed by atoms with Crippen LogP contribution in [0.1, 0.15) is 31.7 Å². The van der Waals surface area contributed by atoms with Gasteiger partial charge in [-0.3, -0.25) is 9.59 Å². The van der Waals surface area contributed by atoms with Gasteiger partial charge in [0.25, 0.3) is 5.56 Å². The molecule has 0 saturated heterocycles. The van der Waals surface area contributed by atoms with E-state index in [0.717, 1.165) is 0 Å². The number of carbonyl (C=O) groups is 1. The van der Waals surface area contributed by atoms with Crippen molar-refractivity contribution in [2.75, 3.05) is 0 Å². The van der Waals surface area contributed by atoms with Crippen molar-refractivity contribution in [3.05, 3.63) is 76.3 Å². The molecule has 1 heterocycles. The smallest absolute Gasteiger partial charge is 0.305 e. The summed E-state index contributed by atoms with van der Waals surface area (Å²) >= 11 is 0. The number of benzene rings is 2. The molecule has 0 saturated carbocycles. The zero-order valence-electron chi connectivity index (χ0n) is 17.7. The Morgan fingerprint density at radius 1 is 1.09 bits per heavy atom. The van der Waals surface area contributed by atoms with E-state index in [2.05, 4.69) is 0 Å². The van der Waals surface area contributed by atoms with Gasteiger partial charge in [0, 0.05) is 23.9 Å². The first-order valence-electron chi connectivity index (χ1n) is 10.5. The Morgan fingerprint density at radius 2 is 1.75 bits per heavy atom. The van der Waals surface area contributed by atoms with Gasteiger partial charge in [0.05, 0.1) is 24.3 Å². The van der Waals surface area contributed by atoms with Crippen molar-refractivity contribution in [3.63, 3.8) is 0 Å². The maximum absolute atomic E-state index is 13.6. The SMILES string of the molecule is CCCn1c(-c2ccc(F)cc2)c(C=C[C@@H](O)C[C@@H](O)CC(=O)O)c2ccccc2c1=O. The van der Waals surface area contributed by atoms with Gasteiger partial charge in [0.1, 0.15) is 5.82 Å². The molecule has 2 aromatic carbocycles. The van der Waals surface area contributed by atoms with Crippen molar-refractivity contribution >= 4 is 22.8 Å². The first-order valence-corrected chi connectivity index (χ1v) is 10.5. The minimum Gasteiger partial charge on any atom is -0.481 e. The summed E-state index contributed by atoms with van der Waals surface area (Å²) in [5.74, 6) is -1.54. The Labute approximate surface area is 184 Å². The highest BCUT2D eigenvalue weighted by molar-refractivity contribution is 5.95. The Hall–Kier alpha value is -3.29. The Kier molecular flexibility index (Phi) is 7.56. The molecule has 3 aromatic rings. The molecular formula is C25H26FNO5. The number of pyridine rings is 1. The van der Waals surface area contributed by atoms with Crippen molar-refractivity contribution < 1.29 is 24.5 Å². The molecule has 168 valence electrons.